The summed E-state index contributed by atoms with van der Waals surface area (Å²) in [6.45, 7) is 0.697. The molecule has 1 N–H and O–H groups in total. The molecule has 1 atom stereocenters. The number of hydrogen-bond donors (Lipinski definition) is 1. The van der Waals surface area contributed by atoms with Gasteiger partial charge in [0.1, 0.15) is 11.6 Å². The summed E-state index contributed by atoms with van der Waals surface area (Å²) in [7, 11) is 0. The molecule has 1 unspecified atom stereocenters. The minimum Gasteiger partial charge on any atom is -0.363 e. The predicted molar refractivity (Wildman–Crippen MR) is 79.2 cm³/mol. The van der Waals surface area contributed by atoms with Crippen molar-refractivity contribution in [3.05, 3.63) is 59.4 Å². The molecule has 1 aliphatic rings. The number of rotatable bonds is 4. The second kappa shape index (κ2) is 6.30. The number of amides is 1. The SMILES string of the molecule is O=C(CCc1c(F)cccc1F)N1CCCC1c1ccc[nH]1. The van der Waals surface area contributed by atoms with Crippen LogP contribution in [0, 0.1) is 11.6 Å². The summed E-state index contributed by atoms with van der Waals surface area (Å²) in [5.41, 5.74) is 1.01. The van der Waals surface area contributed by atoms with Crippen LogP contribution in [0.2, 0.25) is 0 Å². The largest absolute Gasteiger partial charge is 0.363 e. The third-order valence-electron chi connectivity index (χ3n) is 4.20. The van der Waals surface area contributed by atoms with Gasteiger partial charge in [0.25, 0.3) is 0 Å². The normalized spacial score (nSPS) is 17.9. The highest BCUT2D eigenvalue weighted by atomic mass is 19.1. The minimum absolute atomic E-state index is 0.00790. The lowest BCUT2D eigenvalue weighted by atomic mass is 10.1. The molecule has 0 radical (unpaired) electrons. The molecular formula is C17H18F2N2O. The van der Waals surface area contributed by atoms with Crippen LogP contribution in [0.15, 0.2) is 36.5 Å². The molecule has 3 nitrogen and oxygen atoms in total. The lowest BCUT2D eigenvalue weighted by Crippen LogP contribution is -2.31. The number of carbonyl (C=O) groups is 1. The molecular weight excluding hydrogens is 286 g/mol. The number of carbonyl (C=O) groups excluding carboxylic acids is 1. The molecule has 1 aromatic heterocycles. The number of aromatic nitrogens is 1. The van der Waals surface area contributed by atoms with Crippen molar-refractivity contribution in [1.29, 1.82) is 0 Å². The van der Waals surface area contributed by atoms with E-state index in [1.165, 1.54) is 18.2 Å². The summed E-state index contributed by atoms with van der Waals surface area (Å²) < 4.78 is 27.2. The predicted octanol–water partition coefficient (Wildman–Crippen LogP) is 3.59. The van der Waals surface area contributed by atoms with Gasteiger partial charge in [0.15, 0.2) is 0 Å². The van der Waals surface area contributed by atoms with Gasteiger partial charge in [-0.05, 0) is 43.5 Å². The second-order valence-corrected chi connectivity index (χ2v) is 5.57. The first-order valence-electron chi connectivity index (χ1n) is 7.52. The summed E-state index contributed by atoms with van der Waals surface area (Å²) in [6.07, 6.45) is 3.91. The molecule has 0 saturated carbocycles. The Morgan fingerprint density at radius 2 is 2.00 bits per heavy atom. The maximum atomic E-state index is 13.6. The van der Waals surface area contributed by atoms with E-state index in [-0.39, 0.29) is 30.4 Å². The molecule has 2 heterocycles. The van der Waals surface area contributed by atoms with Gasteiger partial charge in [-0.1, -0.05) is 6.07 Å². The van der Waals surface area contributed by atoms with Crippen LogP contribution in [0.1, 0.15) is 36.6 Å². The Morgan fingerprint density at radius 1 is 1.23 bits per heavy atom. The molecule has 0 spiro atoms. The lowest BCUT2D eigenvalue weighted by molar-refractivity contribution is -0.132. The van der Waals surface area contributed by atoms with Crippen molar-refractivity contribution >= 4 is 5.91 Å². The number of hydrogen-bond acceptors (Lipinski definition) is 1. The highest BCUT2D eigenvalue weighted by Gasteiger charge is 2.30. The van der Waals surface area contributed by atoms with Crippen LogP contribution in [0.25, 0.3) is 0 Å². The van der Waals surface area contributed by atoms with Crippen molar-refractivity contribution in [3.63, 3.8) is 0 Å². The summed E-state index contributed by atoms with van der Waals surface area (Å²) in [4.78, 5) is 17.4. The number of nitrogens with zero attached hydrogens (tertiary/aromatic N) is 1. The van der Waals surface area contributed by atoms with E-state index in [9.17, 15) is 13.6 Å². The van der Waals surface area contributed by atoms with Crippen LogP contribution in [0.4, 0.5) is 8.78 Å². The van der Waals surface area contributed by atoms with E-state index in [0.717, 1.165) is 18.5 Å². The fourth-order valence-corrected chi connectivity index (χ4v) is 3.09. The Balaban J connectivity index is 1.67. The van der Waals surface area contributed by atoms with Gasteiger partial charge in [0, 0.05) is 30.4 Å². The Kier molecular flexibility index (Phi) is 4.22. The van der Waals surface area contributed by atoms with Crippen molar-refractivity contribution in [1.82, 2.24) is 9.88 Å². The van der Waals surface area contributed by atoms with E-state index in [2.05, 4.69) is 4.98 Å². The number of H-pyrrole nitrogens is 1. The van der Waals surface area contributed by atoms with Crippen molar-refractivity contribution < 1.29 is 13.6 Å². The molecule has 1 saturated heterocycles. The van der Waals surface area contributed by atoms with Gasteiger partial charge >= 0.3 is 0 Å². The topological polar surface area (TPSA) is 36.1 Å². The average Bonchev–Trinajstić information content (AvgIpc) is 3.17. The van der Waals surface area contributed by atoms with Crippen molar-refractivity contribution in [2.45, 2.75) is 31.7 Å². The monoisotopic (exact) mass is 304 g/mol. The Morgan fingerprint density at radius 3 is 2.68 bits per heavy atom. The lowest BCUT2D eigenvalue weighted by Gasteiger charge is -2.24. The quantitative estimate of drug-likeness (QED) is 0.920. The molecule has 22 heavy (non-hydrogen) atoms. The summed E-state index contributed by atoms with van der Waals surface area (Å²) in [5, 5.41) is 0. The maximum Gasteiger partial charge on any atom is 0.223 e. The highest BCUT2D eigenvalue weighted by Crippen LogP contribution is 2.31. The smallest absolute Gasteiger partial charge is 0.223 e. The van der Waals surface area contributed by atoms with E-state index in [4.69, 9.17) is 0 Å². The Bertz CT molecular complexity index is 634. The highest BCUT2D eigenvalue weighted by molar-refractivity contribution is 5.77. The number of benzene rings is 1. The molecule has 1 fully saturated rings. The maximum absolute atomic E-state index is 13.6. The van der Waals surface area contributed by atoms with E-state index < -0.39 is 11.6 Å². The molecule has 1 amide bonds. The van der Waals surface area contributed by atoms with Gasteiger partial charge in [0.05, 0.1) is 6.04 Å². The third kappa shape index (κ3) is 2.89. The van der Waals surface area contributed by atoms with Crippen LogP contribution >= 0.6 is 0 Å². The van der Waals surface area contributed by atoms with E-state index in [0.29, 0.717) is 6.54 Å². The fourth-order valence-electron chi connectivity index (χ4n) is 3.09. The summed E-state index contributed by atoms with van der Waals surface area (Å²) in [5.74, 6) is -1.23. The summed E-state index contributed by atoms with van der Waals surface area (Å²) in [6, 6.07) is 7.70. The molecule has 2 aromatic rings. The Labute approximate surface area is 127 Å². The first-order valence-corrected chi connectivity index (χ1v) is 7.52. The van der Waals surface area contributed by atoms with Gasteiger partial charge in [-0.2, -0.15) is 0 Å². The van der Waals surface area contributed by atoms with E-state index in [1.807, 2.05) is 23.2 Å². The number of halogens is 2. The van der Waals surface area contributed by atoms with Crippen molar-refractivity contribution in [2.75, 3.05) is 6.54 Å². The van der Waals surface area contributed by atoms with Gasteiger partial charge in [-0.3, -0.25) is 4.79 Å². The first-order chi connectivity index (χ1) is 10.7. The van der Waals surface area contributed by atoms with Gasteiger partial charge in [0.2, 0.25) is 5.91 Å². The standard InChI is InChI=1S/C17H18F2N2O/c18-13-4-1-5-14(19)12(13)8-9-17(22)21-11-3-7-16(21)15-6-2-10-20-15/h1-2,4-6,10,16,20H,3,7-9,11H2. The van der Waals surface area contributed by atoms with Crippen LogP contribution in [0.5, 0.6) is 0 Å². The number of aromatic amines is 1. The van der Waals surface area contributed by atoms with Crippen LogP contribution in [0.3, 0.4) is 0 Å². The van der Waals surface area contributed by atoms with Crippen LogP contribution < -0.4 is 0 Å². The fraction of sp³-hybridized carbons (Fsp3) is 0.353. The molecule has 1 aliphatic heterocycles. The second-order valence-electron chi connectivity index (χ2n) is 5.57. The van der Waals surface area contributed by atoms with Gasteiger partial charge in [-0.15, -0.1) is 0 Å². The minimum atomic E-state index is -0.588. The van der Waals surface area contributed by atoms with Crippen molar-refractivity contribution in [2.24, 2.45) is 0 Å². The van der Waals surface area contributed by atoms with Crippen molar-refractivity contribution in [3.8, 4) is 0 Å². The molecule has 5 heteroatoms. The van der Waals surface area contributed by atoms with Crippen LogP contribution in [-0.4, -0.2) is 22.3 Å². The van der Waals surface area contributed by atoms with Gasteiger partial charge < -0.3 is 9.88 Å². The average molecular weight is 304 g/mol. The zero-order chi connectivity index (χ0) is 15.5. The molecule has 3 rings (SSSR count). The molecule has 1 aromatic carbocycles. The Hall–Kier alpha value is -2.17. The number of likely N-dealkylation sites (tertiary alicyclic amines) is 1. The van der Waals surface area contributed by atoms with E-state index in [1.54, 1.807) is 0 Å². The zero-order valence-electron chi connectivity index (χ0n) is 12.2. The summed E-state index contributed by atoms with van der Waals surface area (Å²) >= 11 is 0. The first kappa shape index (κ1) is 14.8. The van der Waals surface area contributed by atoms with Crippen LogP contribution in [-0.2, 0) is 11.2 Å². The zero-order valence-corrected chi connectivity index (χ0v) is 12.2. The molecule has 116 valence electrons. The van der Waals surface area contributed by atoms with E-state index >= 15 is 0 Å². The van der Waals surface area contributed by atoms with Gasteiger partial charge in [-0.25, -0.2) is 8.78 Å². The molecule has 0 aliphatic carbocycles. The molecule has 0 bridgehead atoms. The third-order valence-corrected chi connectivity index (χ3v) is 4.20. The number of nitrogens with one attached hydrogen (secondary N) is 1.